The van der Waals surface area contributed by atoms with E-state index in [1.165, 1.54) is 57.1 Å². The molecule has 0 aromatic carbocycles. The van der Waals surface area contributed by atoms with Crippen LogP contribution in [0.25, 0.3) is 0 Å². The van der Waals surface area contributed by atoms with E-state index >= 15 is 0 Å². The normalized spacial score (nSPS) is 62.2. The molecule has 4 saturated carbocycles. The minimum atomic E-state index is 0.385. The summed E-state index contributed by atoms with van der Waals surface area (Å²) < 4.78 is 0. The van der Waals surface area contributed by atoms with Crippen molar-refractivity contribution in [3.05, 3.63) is 12.2 Å². The minimum Gasteiger partial charge on any atom is -0.396 e. The Bertz CT molecular complexity index is 601. The smallest absolute Gasteiger partial charge is 0.0437 e. The Labute approximate surface area is 140 Å². The van der Waals surface area contributed by atoms with Crippen LogP contribution >= 0.6 is 0 Å². The minimum absolute atomic E-state index is 0.385. The van der Waals surface area contributed by atoms with E-state index in [0.29, 0.717) is 22.9 Å². The van der Waals surface area contributed by atoms with Crippen LogP contribution in [0.1, 0.15) is 58.3 Å². The summed E-state index contributed by atoms with van der Waals surface area (Å²) in [4.78, 5) is 2.96. The van der Waals surface area contributed by atoms with Crippen molar-refractivity contribution in [3.8, 4) is 0 Å². The molecule has 1 spiro atoms. The number of piperidine rings is 2. The summed E-state index contributed by atoms with van der Waals surface area (Å²) in [7, 11) is 0. The molecule has 3 saturated heterocycles. The average molecular weight is 313 g/mol. The van der Waals surface area contributed by atoms with Gasteiger partial charge in [0, 0.05) is 25.2 Å². The van der Waals surface area contributed by atoms with E-state index in [1.807, 2.05) is 0 Å². The van der Waals surface area contributed by atoms with E-state index < -0.39 is 0 Å². The van der Waals surface area contributed by atoms with Gasteiger partial charge in [-0.1, -0.05) is 25.5 Å². The van der Waals surface area contributed by atoms with E-state index in [1.54, 1.807) is 0 Å². The lowest BCUT2D eigenvalue weighted by atomic mass is 9.34. The fraction of sp³-hybridized carbons (Fsp3) is 0.905. The molecule has 8 atom stereocenters. The number of aliphatic hydroxyl groups excluding tert-OH is 1. The first kappa shape index (κ1) is 13.9. The zero-order valence-electron chi connectivity index (χ0n) is 14.6. The molecule has 0 aromatic heterocycles. The maximum absolute atomic E-state index is 10.1. The van der Waals surface area contributed by atoms with Crippen molar-refractivity contribution >= 4 is 0 Å². The Balaban J connectivity index is 1.66. The largest absolute Gasteiger partial charge is 0.396 e. The molecule has 2 heteroatoms. The van der Waals surface area contributed by atoms with Crippen molar-refractivity contribution in [2.24, 2.45) is 34.0 Å². The van der Waals surface area contributed by atoms with Crippen molar-refractivity contribution in [1.29, 1.82) is 0 Å². The zero-order valence-corrected chi connectivity index (χ0v) is 14.6. The second-order valence-corrected chi connectivity index (χ2v) is 10.1. The highest BCUT2D eigenvalue weighted by Gasteiger charge is 2.82. The molecule has 1 N–H and O–H groups in total. The maximum Gasteiger partial charge on any atom is 0.0437 e. The first-order valence-corrected chi connectivity index (χ1v) is 10.1. The molecule has 7 aliphatic rings. The molecule has 2 nitrogen and oxygen atoms in total. The first-order chi connectivity index (χ1) is 11.1. The predicted molar refractivity (Wildman–Crippen MR) is 90.9 cm³/mol. The molecular weight excluding hydrogens is 282 g/mol. The summed E-state index contributed by atoms with van der Waals surface area (Å²) in [5.74, 6) is 2.52. The van der Waals surface area contributed by atoms with Crippen LogP contribution < -0.4 is 0 Å². The lowest BCUT2D eigenvalue weighted by Crippen LogP contribution is -2.79. The van der Waals surface area contributed by atoms with Crippen LogP contribution in [0, 0.1) is 34.0 Å². The van der Waals surface area contributed by atoms with Gasteiger partial charge < -0.3 is 5.11 Å². The Morgan fingerprint density at radius 3 is 2.87 bits per heavy atom. The van der Waals surface area contributed by atoms with Gasteiger partial charge in [0.1, 0.15) is 0 Å². The molecule has 3 aliphatic heterocycles. The molecule has 126 valence electrons. The molecule has 7 fully saturated rings. The summed E-state index contributed by atoms with van der Waals surface area (Å²) >= 11 is 0. The average Bonchev–Trinajstić information content (AvgIpc) is 3.19. The lowest BCUT2D eigenvalue weighted by Gasteiger charge is -2.76. The summed E-state index contributed by atoms with van der Waals surface area (Å²) in [6.07, 6.45) is 11.1. The third-order valence-corrected chi connectivity index (χ3v) is 10.3. The van der Waals surface area contributed by atoms with Gasteiger partial charge in [0.15, 0.2) is 0 Å². The summed E-state index contributed by atoms with van der Waals surface area (Å²) in [5, 5.41) is 10.1. The number of hydrogen-bond acceptors (Lipinski definition) is 2. The monoisotopic (exact) mass is 313 g/mol. The molecule has 3 heterocycles. The van der Waals surface area contributed by atoms with Gasteiger partial charge >= 0.3 is 0 Å². The molecule has 0 radical (unpaired) electrons. The van der Waals surface area contributed by atoms with Crippen molar-refractivity contribution in [1.82, 2.24) is 4.90 Å². The first-order valence-electron chi connectivity index (χ1n) is 10.1. The second kappa shape index (κ2) is 3.90. The fourth-order valence-electron chi connectivity index (χ4n) is 10.0. The van der Waals surface area contributed by atoms with Gasteiger partial charge in [0.25, 0.3) is 0 Å². The molecule has 7 rings (SSSR count). The van der Waals surface area contributed by atoms with Gasteiger partial charge in [-0.25, -0.2) is 0 Å². The predicted octanol–water partition coefficient (Wildman–Crippen LogP) is 3.60. The van der Waals surface area contributed by atoms with Crippen LogP contribution in [-0.4, -0.2) is 35.2 Å². The topological polar surface area (TPSA) is 23.5 Å². The van der Waals surface area contributed by atoms with Crippen LogP contribution in [0.4, 0.5) is 0 Å². The molecule has 6 bridgehead atoms. The molecular formula is C21H31NO. The molecule has 0 amide bonds. The van der Waals surface area contributed by atoms with Gasteiger partial charge in [-0.2, -0.15) is 0 Å². The van der Waals surface area contributed by atoms with E-state index in [-0.39, 0.29) is 0 Å². The lowest BCUT2D eigenvalue weighted by molar-refractivity contribution is -0.284. The molecule has 4 aliphatic carbocycles. The standard InChI is InChI=1S/C21H31NO/c1-13-12-22-17-14(13)5-8-19(2)15-6-9-20(18(15)22)7-3-4-16(20)21(17,19)10-11-23/h14-18,23H,1,3-12H2,2H3/t14?,15?,16-,17?,18?,19?,20-,21+/m1/s1. The fourth-order valence-corrected chi connectivity index (χ4v) is 10.0. The SMILES string of the molecule is C=C1CN2C3C4CC[C@@]35CCC[C@H]5[C@@]3(CCO)C2C1CCC43C. The van der Waals surface area contributed by atoms with E-state index in [9.17, 15) is 5.11 Å². The highest BCUT2D eigenvalue weighted by Crippen LogP contribution is 2.83. The van der Waals surface area contributed by atoms with E-state index in [0.717, 1.165) is 36.3 Å². The van der Waals surface area contributed by atoms with Crippen molar-refractivity contribution in [3.63, 3.8) is 0 Å². The van der Waals surface area contributed by atoms with E-state index in [2.05, 4.69) is 18.4 Å². The third-order valence-electron chi connectivity index (χ3n) is 10.3. The van der Waals surface area contributed by atoms with Crippen LogP contribution in [-0.2, 0) is 0 Å². The van der Waals surface area contributed by atoms with Crippen molar-refractivity contribution in [2.45, 2.75) is 70.4 Å². The summed E-state index contributed by atoms with van der Waals surface area (Å²) in [6.45, 7) is 8.75. The molecule has 5 unspecified atom stereocenters. The molecule has 0 aromatic rings. The van der Waals surface area contributed by atoms with Gasteiger partial charge in [0.2, 0.25) is 0 Å². The number of hydrogen-bond donors (Lipinski definition) is 1. The quantitative estimate of drug-likeness (QED) is 0.787. The number of aliphatic hydroxyl groups is 1. The van der Waals surface area contributed by atoms with Crippen LogP contribution in [0.2, 0.25) is 0 Å². The van der Waals surface area contributed by atoms with Gasteiger partial charge in [-0.05, 0) is 78.9 Å². The van der Waals surface area contributed by atoms with Crippen LogP contribution in [0.3, 0.4) is 0 Å². The molecule has 23 heavy (non-hydrogen) atoms. The van der Waals surface area contributed by atoms with Crippen LogP contribution in [0.15, 0.2) is 12.2 Å². The van der Waals surface area contributed by atoms with Crippen molar-refractivity contribution < 1.29 is 5.11 Å². The summed E-state index contributed by atoms with van der Waals surface area (Å²) in [6, 6.07) is 1.57. The third kappa shape index (κ3) is 1.14. The number of nitrogens with zero attached hydrogens (tertiary/aromatic N) is 1. The number of rotatable bonds is 2. The van der Waals surface area contributed by atoms with Gasteiger partial charge in [-0.15, -0.1) is 0 Å². The van der Waals surface area contributed by atoms with E-state index in [4.69, 9.17) is 0 Å². The highest BCUT2D eigenvalue weighted by atomic mass is 16.3. The zero-order chi connectivity index (χ0) is 15.6. The Morgan fingerprint density at radius 1 is 1.17 bits per heavy atom. The van der Waals surface area contributed by atoms with Gasteiger partial charge in [-0.3, -0.25) is 4.90 Å². The highest BCUT2D eigenvalue weighted by molar-refractivity contribution is 5.37. The Hall–Kier alpha value is -0.340. The van der Waals surface area contributed by atoms with Gasteiger partial charge in [0.05, 0.1) is 0 Å². The van der Waals surface area contributed by atoms with Crippen molar-refractivity contribution in [2.75, 3.05) is 13.2 Å². The van der Waals surface area contributed by atoms with Crippen LogP contribution in [0.5, 0.6) is 0 Å². The summed E-state index contributed by atoms with van der Waals surface area (Å²) in [5.41, 5.74) is 3.01. The maximum atomic E-state index is 10.1. The Kier molecular flexibility index (Phi) is 2.36. The second-order valence-electron chi connectivity index (χ2n) is 10.1. The Morgan fingerprint density at radius 2 is 2.04 bits per heavy atom.